The molecule has 3 rings (SSSR count). The van der Waals surface area contributed by atoms with Gasteiger partial charge < -0.3 is 86.6 Å². The van der Waals surface area contributed by atoms with Crippen molar-refractivity contribution >= 4 is 65.6 Å². The molecule has 3 saturated heterocycles. The van der Waals surface area contributed by atoms with E-state index in [9.17, 15) is 63.0 Å². The molecule has 0 radical (unpaired) electrons. The summed E-state index contributed by atoms with van der Waals surface area (Å²) < 4.78 is 84.0. The first-order chi connectivity index (χ1) is 33.1. The van der Waals surface area contributed by atoms with E-state index in [-0.39, 0.29) is 0 Å². The molecule has 0 aromatic rings. The van der Waals surface area contributed by atoms with E-state index in [0.717, 1.165) is 76.3 Å². The van der Waals surface area contributed by atoms with Gasteiger partial charge in [0, 0.05) is 69.2 Å². The van der Waals surface area contributed by atoms with Crippen molar-refractivity contribution in [3.63, 3.8) is 0 Å². The van der Waals surface area contributed by atoms with Gasteiger partial charge in [0.05, 0.1) is 19.6 Å². The maximum Gasteiger partial charge on any atom is 0.366 e. The van der Waals surface area contributed by atoms with Crippen LogP contribution < -0.4 is 5.32 Å². The summed E-state index contributed by atoms with van der Waals surface area (Å²) in [5.74, 6) is -14.7. The number of hydrogen-bond acceptors (Lipinski definition) is 28. The molecule has 0 saturated carbocycles. The molecule has 3 fully saturated rings. The quantitative estimate of drug-likeness (QED) is 0.0808. The third-order valence-corrected chi connectivity index (χ3v) is 10.1. The Balaban J connectivity index is 2.42. The minimum absolute atomic E-state index is 0.769. The normalized spacial score (nSPS) is 31.1. The Morgan fingerprint density at radius 3 is 1.61 bits per heavy atom. The van der Waals surface area contributed by atoms with Gasteiger partial charge in [-0.1, -0.05) is 0 Å². The predicted octanol–water partition coefficient (Wildman–Crippen LogP) is -3.00. The van der Waals surface area contributed by atoms with E-state index in [2.05, 4.69) is 5.32 Å². The molecular weight excluding hydrogens is 966 g/mol. The fourth-order valence-electron chi connectivity index (χ4n) is 7.72. The largest absolute Gasteiger partial charge is 0.465 e. The Morgan fingerprint density at radius 1 is 0.592 bits per heavy atom. The van der Waals surface area contributed by atoms with Crippen LogP contribution in [0.2, 0.25) is 0 Å². The number of carbonyl (C=O) groups is 11. The minimum atomic E-state index is -3.11. The zero-order valence-corrected chi connectivity index (χ0v) is 40.5. The van der Waals surface area contributed by atoms with Crippen molar-refractivity contribution in [1.29, 1.82) is 0 Å². The zero-order chi connectivity index (χ0) is 53.7. The van der Waals surface area contributed by atoms with Crippen molar-refractivity contribution in [3.8, 4) is 0 Å². The highest BCUT2D eigenvalue weighted by Gasteiger charge is 2.63. The summed E-state index contributed by atoms with van der Waals surface area (Å²) in [7, 11) is 0.827. The number of nitrogens with one attached hydrogen (secondary N) is 1. The summed E-state index contributed by atoms with van der Waals surface area (Å²) in [5.41, 5.74) is 0. The number of carbonyl (C=O) groups excluding carboxylic acids is 11. The van der Waals surface area contributed by atoms with Gasteiger partial charge in [-0.05, 0) is 0 Å². The van der Waals surface area contributed by atoms with Crippen molar-refractivity contribution in [1.82, 2.24) is 5.32 Å². The van der Waals surface area contributed by atoms with E-state index in [1.807, 2.05) is 0 Å². The lowest BCUT2D eigenvalue weighted by molar-refractivity contribution is -0.385. The monoisotopic (exact) mass is 1030 g/mol. The number of aliphatic hydroxyl groups is 2. The van der Waals surface area contributed by atoms with E-state index in [4.69, 9.17) is 71.1 Å². The van der Waals surface area contributed by atoms with Gasteiger partial charge in [0.2, 0.25) is 5.91 Å². The molecule has 3 aliphatic heterocycles. The van der Waals surface area contributed by atoms with Crippen molar-refractivity contribution in [2.45, 2.75) is 173 Å². The fraction of sp³-hybridized carbons (Fsp3) is 0.738. The Bertz CT molecular complexity index is 1980. The summed E-state index contributed by atoms with van der Waals surface area (Å²) in [6, 6.07) is -1.69. The number of methoxy groups -OCH3 is 1. The van der Waals surface area contributed by atoms with E-state index in [1.54, 1.807) is 0 Å². The second-order valence-electron chi connectivity index (χ2n) is 16.0. The SMILES string of the molecule is COC(=O)[C@@]1(O[C@H]2[C@@H](O)[C@@H](COC(C)=O)O[C@@H](O[C@H]3[C@H](OC(C)=O)[C@@H](OC(C)=O)C(O)O[C@@H]3COC(C)=O)[C@@H]2OC(C)=O)C[C@H](OC(C)=O)[C@@H](NC(C)=O)[C@H]([C@H](OC(C)=O)[C@@H](COC(C)=O)OC(C)=O)O1. The summed E-state index contributed by atoms with van der Waals surface area (Å²) >= 11 is 0. The van der Waals surface area contributed by atoms with Crippen LogP contribution in [-0.2, 0) is 124 Å². The minimum Gasteiger partial charge on any atom is -0.465 e. The van der Waals surface area contributed by atoms with Gasteiger partial charge in [-0.15, -0.1) is 0 Å². The molecule has 0 aromatic carbocycles. The van der Waals surface area contributed by atoms with Crippen LogP contribution in [-0.4, -0.2) is 200 Å². The molecule has 400 valence electrons. The van der Waals surface area contributed by atoms with Gasteiger partial charge >= 0.3 is 59.7 Å². The molecule has 16 atom stereocenters. The number of hydrogen-bond donors (Lipinski definition) is 3. The molecule has 29 nitrogen and oxygen atoms in total. The average Bonchev–Trinajstić information content (AvgIpc) is 3.24. The first-order valence-electron chi connectivity index (χ1n) is 21.6. The Labute approximate surface area is 404 Å². The first kappa shape index (κ1) is 59.2. The van der Waals surface area contributed by atoms with Crippen LogP contribution in [0.25, 0.3) is 0 Å². The van der Waals surface area contributed by atoms with Gasteiger partial charge in [0.15, 0.2) is 43.1 Å². The van der Waals surface area contributed by atoms with Crippen LogP contribution in [0.15, 0.2) is 0 Å². The van der Waals surface area contributed by atoms with Gasteiger partial charge in [0.25, 0.3) is 5.79 Å². The van der Waals surface area contributed by atoms with Crippen molar-refractivity contribution < 1.29 is 134 Å². The van der Waals surface area contributed by atoms with Crippen LogP contribution >= 0.6 is 0 Å². The molecular formula is C42H59NO28. The summed E-state index contributed by atoms with van der Waals surface area (Å²) in [6.45, 7) is 6.99. The molecule has 1 unspecified atom stereocenters. The predicted molar refractivity (Wildman–Crippen MR) is 220 cm³/mol. The van der Waals surface area contributed by atoms with E-state index in [0.29, 0.717) is 0 Å². The summed E-state index contributed by atoms with van der Waals surface area (Å²) in [5, 5.41) is 25.6. The highest BCUT2D eigenvalue weighted by molar-refractivity contribution is 5.79. The summed E-state index contributed by atoms with van der Waals surface area (Å²) in [4.78, 5) is 139. The molecule has 0 aliphatic carbocycles. The molecule has 0 spiro atoms. The summed E-state index contributed by atoms with van der Waals surface area (Å²) in [6.07, 6.45) is -28.8. The highest BCUT2D eigenvalue weighted by atomic mass is 16.8. The molecule has 29 heteroatoms. The third-order valence-electron chi connectivity index (χ3n) is 10.1. The van der Waals surface area contributed by atoms with Gasteiger partial charge in [-0.25, -0.2) is 4.79 Å². The van der Waals surface area contributed by atoms with Crippen molar-refractivity contribution in [2.24, 2.45) is 0 Å². The van der Waals surface area contributed by atoms with Crippen LogP contribution in [0.1, 0.15) is 75.7 Å². The maximum atomic E-state index is 14.4. The molecule has 3 aliphatic rings. The number of rotatable bonds is 20. The number of ether oxygens (including phenoxy) is 15. The Hall–Kier alpha value is -6.11. The standard InChI is InChI=1S/C42H59NO28/c1-16(44)43-30-26(61-20(5)48)12-42(41(56)57-11,70-34(30)32(63-22(7)50)28(62-21(6)49)14-59-18(3)46)71-35-31(54)27(13-58-17(2)45)68-40(38(35)66-25(10)53)69-33-29(15-60-19(4)47)67-39(55)37(65-24(9)52)36(33)64-23(8)51/h26-40,54-55H,12-15H2,1-11H3,(H,43,44)/t26-,27+,28+,29+,30+,31-,32+,33+,34+,35-,36-,37+,38+,39?,40-,42-/m0/s1. The van der Waals surface area contributed by atoms with Crippen LogP contribution in [0, 0.1) is 0 Å². The van der Waals surface area contributed by atoms with E-state index < -0.39 is 189 Å². The van der Waals surface area contributed by atoms with Crippen molar-refractivity contribution in [3.05, 3.63) is 0 Å². The molecule has 0 aromatic heterocycles. The van der Waals surface area contributed by atoms with E-state index >= 15 is 0 Å². The smallest absolute Gasteiger partial charge is 0.366 e. The van der Waals surface area contributed by atoms with Gasteiger partial charge in [0.1, 0.15) is 62.5 Å². The lowest BCUT2D eigenvalue weighted by atomic mass is 9.87. The van der Waals surface area contributed by atoms with E-state index in [1.165, 1.54) is 0 Å². The average molecular weight is 1030 g/mol. The maximum absolute atomic E-state index is 14.4. The first-order valence-corrected chi connectivity index (χ1v) is 21.6. The number of esters is 10. The van der Waals surface area contributed by atoms with Crippen LogP contribution in [0.3, 0.4) is 0 Å². The Morgan fingerprint density at radius 2 is 1.11 bits per heavy atom. The van der Waals surface area contributed by atoms with Crippen LogP contribution in [0.4, 0.5) is 0 Å². The van der Waals surface area contributed by atoms with Crippen molar-refractivity contribution in [2.75, 3.05) is 26.9 Å². The second-order valence-corrected chi connectivity index (χ2v) is 16.0. The lowest BCUT2D eigenvalue weighted by Gasteiger charge is -2.52. The van der Waals surface area contributed by atoms with Gasteiger partial charge in [-0.2, -0.15) is 0 Å². The topological polar surface area (TPSA) is 379 Å². The molecule has 3 N–H and O–H groups in total. The Kier molecular flexibility index (Phi) is 22.0. The molecule has 1 amide bonds. The molecule has 3 heterocycles. The number of amides is 1. The van der Waals surface area contributed by atoms with Gasteiger partial charge in [-0.3, -0.25) is 47.9 Å². The van der Waals surface area contributed by atoms with Crippen LogP contribution in [0.5, 0.6) is 0 Å². The fourth-order valence-corrected chi connectivity index (χ4v) is 7.72. The molecule has 71 heavy (non-hydrogen) atoms. The number of aliphatic hydroxyl groups excluding tert-OH is 2. The highest BCUT2D eigenvalue weighted by Crippen LogP contribution is 2.41. The second kappa shape index (κ2) is 26.4. The third kappa shape index (κ3) is 17.0. The lowest BCUT2D eigenvalue weighted by Crippen LogP contribution is -2.72. The zero-order valence-electron chi connectivity index (χ0n) is 40.5. The molecule has 0 bridgehead atoms.